The molecule has 2 aliphatic heterocycles. The molecule has 0 aromatic heterocycles. The molecule has 7 heteroatoms. The summed E-state index contributed by atoms with van der Waals surface area (Å²) in [7, 11) is 4.92. The molecule has 0 saturated heterocycles. The predicted octanol–water partition coefficient (Wildman–Crippen LogP) is 5.35. The molecule has 0 radical (unpaired) electrons. The van der Waals surface area contributed by atoms with E-state index in [9.17, 15) is 0 Å². The highest BCUT2D eigenvalue weighted by atomic mass is 16.5. The van der Waals surface area contributed by atoms with Gasteiger partial charge in [-0.05, 0) is 49.4 Å². The third kappa shape index (κ3) is 3.77. The van der Waals surface area contributed by atoms with Gasteiger partial charge in [0.05, 0.1) is 39.7 Å². The summed E-state index contributed by atoms with van der Waals surface area (Å²) in [5.41, 5.74) is 4.02. The molecule has 3 aromatic rings. The van der Waals surface area contributed by atoms with Crippen LogP contribution in [0.15, 0.2) is 65.8 Å². The van der Waals surface area contributed by atoms with E-state index in [0.29, 0.717) is 29.6 Å². The lowest BCUT2D eigenvalue weighted by atomic mass is 9.95. The molecule has 2 aliphatic rings. The zero-order valence-electron chi connectivity index (χ0n) is 19.8. The van der Waals surface area contributed by atoms with Crippen LogP contribution in [0.2, 0.25) is 0 Å². The van der Waals surface area contributed by atoms with Crippen LogP contribution in [0.3, 0.4) is 0 Å². The van der Waals surface area contributed by atoms with Gasteiger partial charge < -0.3 is 23.7 Å². The van der Waals surface area contributed by atoms with E-state index in [1.807, 2.05) is 66.5 Å². The summed E-state index contributed by atoms with van der Waals surface area (Å²) in [6, 6.07) is 20.0. The van der Waals surface area contributed by atoms with Crippen LogP contribution in [0.4, 0.5) is 0 Å². The number of rotatable bonds is 7. The van der Waals surface area contributed by atoms with Gasteiger partial charge in [-0.2, -0.15) is 5.10 Å². The minimum atomic E-state index is -0.401. The van der Waals surface area contributed by atoms with Crippen LogP contribution >= 0.6 is 0 Å². The van der Waals surface area contributed by atoms with Crippen molar-refractivity contribution in [2.24, 2.45) is 5.10 Å². The monoisotopic (exact) mass is 460 g/mol. The molecule has 0 saturated carbocycles. The maximum Gasteiger partial charge on any atom is 0.214 e. The Morgan fingerprint density at radius 2 is 1.62 bits per heavy atom. The van der Waals surface area contributed by atoms with Crippen molar-refractivity contribution in [2.75, 3.05) is 27.9 Å². The van der Waals surface area contributed by atoms with E-state index >= 15 is 0 Å². The zero-order chi connectivity index (χ0) is 23.7. The number of hydrogen-bond acceptors (Lipinski definition) is 7. The number of methoxy groups -OCH3 is 3. The van der Waals surface area contributed by atoms with Gasteiger partial charge in [-0.25, -0.2) is 5.01 Å². The highest BCUT2D eigenvalue weighted by Gasteiger charge is 2.41. The smallest absolute Gasteiger partial charge is 0.214 e. The predicted molar refractivity (Wildman–Crippen MR) is 129 cm³/mol. The average molecular weight is 461 g/mol. The first-order chi connectivity index (χ1) is 16.7. The summed E-state index contributed by atoms with van der Waals surface area (Å²) in [6.45, 7) is 2.52. The molecule has 0 bridgehead atoms. The fourth-order valence-corrected chi connectivity index (χ4v) is 4.56. The molecule has 34 heavy (non-hydrogen) atoms. The van der Waals surface area contributed by atoms with Crippen molar-refractivity contribution in [3.05, 3.63) is 77.4 Å². The van der Waals surface area contributed by atoms with Crippen molar-refractivity contribution in [3.63, 3.8) is 0 Å². The Bertz CT molecular complexity index is 1230. The number of hydrogen-bond donors (Lipinski definition) is 0. The molecule has 2 heterocycles. The first-order valence-electron chi connectivity index (χ1n) is 11.3. The first kappa shape index (κ1) is 21.9. The third-order valence-electron chi connectivity index (χ3n) is 6.19. The van der Waals surface area contributed by atoms with Crippen LogP contribution in [0.25, 0.3) is 0 Å². The maximum atomic E-state index is 6.47. The average Bonchev–Trinajstić information content (AvgIpc) is 3.34. The van der Waals surface area contributed by atoms with Crippen molar-refractivity contribution < 1.29 is 23.7 Å². The van der Waals surface area contributed by atoms with Crippen LogP contribution in [-0.2, 0) is 0 Å². The molecule has 5 rings (SSSR count). The summed E-state index contributed by atoms with van der Waals surface area (Å²) in [5.74, 6) is 3.61. The standard InChI is InChI=1S/C27H28N2O5/c1-5-33-24-13-11-18(15-26(24)32-4)27-29-21(19-8-6-7-9-22(19)34-27)16-20(28-29)17-10-12-23(30-2)25(14-17)31-3/h6-15,21,27H,5,16H2,1-4H3/t21-,27+/m0/s1. The number of benzene rings is 3. The topological polar surface area (TPSA) is 61.8 Å². The van der Waals surface area contributed by atoms with E-state index in [4.69, 9.17) is 28.8 Å². The fourth-order valence-electron chi connectivity index (χ4n) is 4.56. The fraction of sp³-hybridized carbons (Fsp3) is 0.296. The molecule has 0 amide bonds. The molecule has 3 aromatic carbocycles. The molecule has 0 fully saturated rings. The van der Waals surface area contributed by atoms with E-state index < -0.39 is 6.23 Å². The number of fused-ring (bicyclic) bond motifs is 3. The third-order valence-corrected chi connectivity index (χ3v) is 6.19. The van der Waals surface area contributed by atoms with Crippen molar-refractivity contribution in [1.82, 2.24) is 5.01 Å². The van der Waals surface area contributed by atoms with Gasteiger partial charge in [0.1, 0.15) is 5.75 Å². The van der Waals surface area contributed by atoms with Gasteiger partial charge in [0.2, 0.25) is 6.23 Å². The molecule has 0 N–H and O–H groups in total. The van der Waals surface area contributed by atoms with E-state index in [0.717, 1.165) is 34.6 Å². The van der Waals surface area contributed by atoms with Gasteiger partial charge in [0.15, 0.2) is 23.0 Å². The molecule has 7 nitrogen and oxygen atoms in total. The molecule has 0 spiro atoms. The quantitative estimate of drug-likeness (QED) is 0.474. The highest BCUT2D eigenvalue weighted by Crippen LogP contribution is 2.48. The van der Waals surface area contributed by atoms with Crippen LogP contribution in [0.1, 0.15) is 42.3 Å². The highest BCUT2D eigenvalue weighted by molar-refractivity contribution is 6.02. The summed E-state index contributed by atoms with van der Waals surface area (Å²) < 4.78 is 28.7. The van der Waals surface area contributed by atoms with Gasteiger partial charge in [0, 0.05) is 23.1 Å². The van der Waals surface area contributed by atoms with Gasteiger partial charge in [-0.1, -0.05) is 18.2 Å². The minimum absolute atomic E-state index is 0.0515. The number of hydrazone groups is 1. The van der Waals surface area contributed by atoms with Crippen LogP contribution in [-0.4, -0.2) is 38.7 Å². The Morgan fingerprint density at radius 3 is 2.38 bits per heavy atom. The van der Waals surface area contributed by atoms with Crippen LogP contribution < -0.4 is 23.7 Å². The van der Waals surface area contributed by atoms with Crippen LogP contribution in [0.5, 0.6) is 28.7 Å². The Labute approximate surface area is 199 Å². The van der Waals surface area contributed by atoms with E-state index in [2.05, 4.69) is 6.07 Å². The number of nitrogens with zero attached hydrogens (tertiary/aromatic N) is 2. The second-order valence-electron chi connectivity index (χ2n) is 8.07. The molecular formula is C27H28N2O5. The first-order valence-corrected chi connectivity index (χ1v) is 11.3. The summed E-state index contributed by atoms with van der Waals surface area (Å²) >= 11 is 0. The normalized spacial score (nSPS) is 18.4. The molecule has 0 unspecified atom stereocenters. The summed E-state index contributed by atoms with van der Waals surface area (Å²) in [6.07, 6.45) is 0.350. The lowest BCUT2D eigenvalue weighted by Gasteiger charge is -2.38. The van der Waals surface area contributed by atoms with Gasteiger partial charge >= 0.3 is 0 Å². The van der Waals surface area contributed by atoms with Gasteiger partial charge in [0.25, 0.3) is 0 Å². The second-order valence-corrected chi connectivity index (χ2v) is 8.07. The molecule has 2 atom stereocenters. The van der Waals surface area contributed by atoms with E-state index in [-0.39, 0.29) is 6.04 Å². The Balaban J connectivity index is 1.56. The second kappa shape index (κ2) is 9.17. The Morgan fingerprint density at radius 1 is 0.882 bits per heavy atom. The van der Waals surface area contributed by atoms with Crippen molar-refractivity contribution >= 4 is 5.71 Å². The van der Waals surface area contributed by atoms with Gasteiger partial charge in [-0.3, -0.25) is 0 Å². The van der Waals surface area contributed by atoms with Crippen molar-refractivity contribution in [2.45, 2.75) is 25.6 Å². The van der Waals surface area contributed by atoms with E-state index in [1.165, 1.54) is 0 Å². The molecule has 176 valence electrons. The largest absolute Gasteiger partial charge is 0.493 e. The lowest BCUT2D eigenvalue weighted by Crippen LogP contribution is -2.33. The lowest BCUT2D eigenvalue weighted by molar-refractivity contribution is -0.0191. The zero-order valence-corrected chi connectivity index (χ0v) is 19.8. The maximum absolute atomic E-state index is 6.47. The minimum Gasteiger partial charge on any atom is -0.493 e. The SMILES string of the molecule is CCOc1ccc([C@H]2Oc3ccccc3[C@@H]3CC(c4ccc(OC)c(OC)c4)=NN23)cc1OC. The summed E-state index contributed by atoms with van der Waals surface area (Å²) in [5, 5.41) is 7.08. The Hall–Kier alpha value is -3.87. The van der Waals surface area contributed by atoms with E-state index in [1.54, 1.807) is 21.3 Å². The van der Waals surface area contributed by atoms with Crippen molar-refractivity contribution in [1.29, 1.82) is 0 Å². The van der Waals surface area contributed by atoms with Crippen LogP contribution in [0, 0.1) is 0 Å². The van der Waals surface area contributed by atoms with Crippen molar-refractivity contribution in [3.8, 4) is 28.7 Å². The Kier molecular flexibility index (Phi) is 5.92. The molecule has 0 aliphatic carbocycles. The molecular weight excluding hydrogens is 432 g/mol. The van der Waals surface area contributed by atoms with Gasteiger partial charge in [-0.15, -0.1) is 0 Å². The number of para-hydroxylation sites is 1. The number of ether oxygens (including phenoxy) is 5. The summed E-state index contributed by atoms with van der Waals surface area (Å²) in [4.78, 5) is 0.